The zero-order valence-electron chi connectivity index (χ0n) is 16.9. The quantitative estimate of drug-likeness (QED) is 0.651. The minimum absolute atomic E-state index is 0. The van der Waals surface area contributed by atoms with E-state index in [9.17, 15) is 13.2 Å². The van der Waals surface area contributed by atoms with Gasteiger partial charge in [-0.05, 0) is 64.4 Å². The van der Waals surface area contributed by atoms with Crippen molar-refractivity contribution in [3.05, 3.63) is 23.8 Å². The smallest absolute Gasteiger partial charge is 0.242 e. The lowest BCUT2D eigenvalue weighted by molar-refractivity contribution is -0.125. The van der Waals surface area contributed by atoms with Crippen molar-refractivity contribution in [3.8, 4) is 11.5 Å². The first-order chi connectivity index (χ1) is 12.7. The van der Waals surface area contributed by atoms with Gasteiger partial charge in [-0.3, -0.25) is 4.79 Å². The number of hydrogen-bond acceptors (Lipinski definition) is 6. The SMILES string of the molecule is CCOc1ccc(C(C)NC(=O)C2(S(C)(=O)=O)CCNCC2)cc1OCC.Cl. The first-order valence-electron chi connectivity index (χ1n) is 9.36. The van der Waals surface area contributed by atoms with Gasteiger partial charge < -0.3 is 20.1 Å². The molecule has 1 aromatic carbocycles. The second kappa shape index (κ2) is 10.3. The van der Waals surface area contributed by atoms with Crippen LogP contribution in [-0.2, 0) is 14.6 Å². The Balaban J connectivity index is 0.00000392. The van der Waals surface area contributed by atoms with Crippen molar-refractivity contribution in [2.45, 2.75) is 44.4 Å². The number of halogens is 1. The molecule has 2 rings (SSSR count). The van der Waals surface area contributed by atoms with Crippen LogP contribution in [0.2, 0.25) is 0 Å². The minimum atomic E-state index is -3.54. The van der Waals surface area contributed by atoms with Gasteiger partial charge in [0.2, 0.25) is 5.91 Å². The van der Waals surface area contributed by atoms with E-state index in [1.165, 1.54) is 0 Å². The van der Waals surface area contributed by atoms with Crippen molar-refractivity contribution < 1.29 is 22.7 Å². The number of sulfone groups is 1. The van der Waals surface area contributed by atoms with Crippen molar-refractivity contribution in [3.63, 3.8) is 0 Å². The van der Waals surface area contributed by atoms with Gasteiger partial charge in [0.05, 0.1) is 19.3 Å². The molecule has 1 aliphatic heterocycles. The Labute approximate surface area is 173 Å². The van der Waals surface area contributed by atoms with Gasteiger partial charge in [-0.15, -0.1) is 12.4 Å². The maximum atomic E-state index is 13.0. The first-order valence-corrected chi connectivity index (χ1v) is 11.2. The molecule has 0 aromatic heterocycles. The third-order valence-corrected chi connectivity index (χ3v) is 6.96. The van der Waals surface area contributed by atoms with E-state index in [2.05, 4.69) is 10.6 Å². The van der Waals surface area contributed by atoms with Crippen molar-refractivity contribution in [2.24, 2.45) is 0 Å². The molecule has 1 unspecified atom stereocenters. The summed E-state index contributed by atoms with van der Waals surface area (Å²) in [5, 5.41) is 6.01. The zero-order chi connectivity index (χ0) is 20.1. The Morgan fingerprint density at radius 1 is 1.18 bits per heavy atom. The second-order valence-corrected chi connectivity index (χ2v) is 9.11. The van der Waals surface area contributed by atoms with E-state index < -0.39 is 20.5 Å². The van der Waals surface area contributed by atoms with Crippen LogP contribution in [0.5, 0.6) is 11.5 Å². The standard InChI is InChI=1S/C19H30N2O5S.ClH/c1-5-25-16-8-7-15(13-17(16)26-6-2)14(3)21-18(22)19(27(4,23)24)9-11-20-12-10-19;/h7-8,13-14,20H,5-6,9-12H2,1-4H3,(H,21,22);1H. The van der Waals surface area contributed by atoms with Gasteiger partial charge in [0.25, 0.3) is 0 Å². The summed E-state index contributed by atoms with van der Waals surface area (Å²) in [5.41, 5.74) is 0.827. The number of rotatable bonds is 8. The Hall–Kier alpha value is -1.51. The zero-order valence-corrected chi connectivity index (χ0v) is 18.5. The maximum absolute atomic E-state index is 13.0. The highest BCUT2D eigenvalue weighted by atomic mass is 35.5. The molecule has 0 aliphatic carbocycles. The van der Waals surface area contributed by atoms with Crippen LogP contribution in [-0.4, -0.2) is 51.6 Å². The van der Waals surface area contributed by atoms with Crippen LogP contribution in [0.4, 0.5) is 0 Å². The molecular weight excluding hydrogens is 404 g/mol. The number of benzene rings is 1. The highest BCUT2D eigenvalue weighted by Gasteiger charge is 2.48. The molecule has 1 aromatic rings. The summed E-state index contributed by atoms with van der Waals surface area (Å²) >= 11 is 0. The summed E-state index contributed by atoms with van der Waals surface area (Å²) < 4.78 is 34.6. The maximum Gasteiger partial charge on any atom is 0.242 e. The molecule has 1 fully saturated rings. The van der Waals surface area contributed by atoms with Crippen molar-refractivity contribution in [2.75, 3.05) is 32.6 Å². The van der Waals surface area contributed by atoms with E-state index >= 15 is 0 Å². The van der Waals surface area contributed by atoms with E-state index in [4.69, 9.17) is 9.47 Å². The fourth-order valence-electron chi connectivity index (χ4n) is 3.35. The third-order valence-electron chi connectivity index (χ3n) is 4.95. The largest absolute Gasteiger partial charge is 0.490 e. The van der Waals surface area contributed by atoms with Gasteiger partial charge in [-0.2, -0.15) is 0 Å². The normalized spacial score (nSPS) is 17.1. The Morgan fingerprint density at radius 3 is 2.29 bits per heavy atom. The number of ether oxygens (including phenoxy) is 2. The van der Waals surface area contributed by atoms with E-state index in [1.54, 1.807) is 0 Å². The Bertz CT molecular complexity index is 764. The predicted molar refractivity (Wildman–Crippen MR) is 112 cm³/mol. The lowest BCUT2D eigenvalue weighted by Crippen LogP contribution is -2.57. The molecule has 0 saturated carbocycles. The molecular formula is C19H31ClN2O5S. The van der Waals surface area contributed by atoms with E-state index in [-0.39, 0.29) is 31.3 Å². The van der Waals surface area contributed by atoms with Crippen molar-refractivity contribution in [1.82, 2.24) is 10.6 Å². The highest BCUT2D eigenvalue weighted by molar-refractivity contribution is 7.92. The molecule has 0 bridgehead atoms. The average Bonchev–Trinajstić information content (AvgIpc) is 2.63. The van der Waals surface area contributed by atoms with E-state index in [0.29, 0.717) is 37.8 Å². The first kappa shape index (κ1) is 24.5. The fraction of sp³-hybridized carbons (Fsp3) is 0.632. The predicted octanol–water partition coefficient (Wildman–Crippen LogP) is 2.25. The lowest BCUT2D eigenvalue weighted by Gasteiger charge is -2.35. The third kappa shape index (κ3) is 5.30. The van der Waals surface area contributed by atoms with Crippen LogP contribution < -0.4 is 20.1 Å². The monoisotopic (exact) mass is 434 g/mol. The molecule has 160 valence electrons. The van der Waals surface area contributed by atoms with Crippen LogP contribution >= 0.6 is 12.4 Å². The Kier molecular flexibility index (Phi) is 9.04. The van der Waals surface area contributed by atoms with Crippen LogP contribution in [0, 0.1) is 0 Å². The van der Waals surface area contributed by atoms with Gasteiger partial charge in [0, 0.05) is 6.26 Å². The number of carbonyl (C=O) groups is 1. The number of piperidine rings is 1. The average molecular weight is 435 g/mol. The summed E-state index contributed by atoms with van der Waals surface area (Å²) in [4.78, 5) is 13.0. The summed E-state index contributed by atoms with van der Waals surface area (Å²) in [7, 11) is -3.54. The van der Waals surface area contributed by atoms with E-state index in [0.717, 1.165) is 11.8 Å². The Morgan fingerprint density at radius 2 is 1.75 bits per heavy atom. The van der Waals surface area contributed by atoms with Gasteiger partial charge in [-0.25, -0.2) is 8.42 Å². The molecule has 9 heteroatoms. The molecule has 28 heavy (non-hydrogen) atoms. The second-order valence-electron chi connectivity index (χ2n) is 6.78. The number of hydrogen-bond donors (Lipinski definition) is 2. The van der Waals surface area contributed by atoms with Crippen LogP contribution in [0.25, 0.3) is 0 Å². The number of amides is 1. The molecule has 1 aliphatic rings. The number of carbonyl (C=O) groups excluding carboxylic acids is 1. The van der Waals surface area contributed by atoms with Gasteiger partial charge in [-0.1, -0.05) is 6.07 Å². The van der Waals surface area contributed by atoms with Crippen LogP contribution in [0.3, 0.4) is 0 Å². The van der Waals surface area contributed by atoms with E-state index in [1.807, 2.05) is 39.0 Å². The number of nitrogens with one attached hydrogen (secondary N) is 2. The minimum Gasteiger partial charge on any atom is -0.490 e. The fourth-order valence-corrected chi connectivity index (χ4v) is 4.69. The molecule has 0 radical (unpaired) electrons. The van der Waals surface area contributed by atoms with Crippen molar-refractivity contribution >= 4 is 28.2 Å². The van der Waals surface area contributed by atoms with Gasteiger partial charge in [0.15, 0.2) is 26.1 Å². The molecule has 7 nitrogen and oxygen atoms in total. The molecule has 2 N–H and O–H groups in total. The highest BCUT2D eigenvalue weighted by Crippen LogP contribution is 2.32. The molecule has 1 atom stereocenters. The lowest BCUT2D eigenvalue weighted by atomic mass is 9.95. The van der Waals surface area contributed by atoms with Gasteiger partial charge >= 0.3 is 0 Å². The molecule has 0 spiro atoms. The molecule has 1 saturated heterocycles. The molecule has 1 amide bonds. The topological polar surface area (TPSA) is 93.7 Å². The van der Waals surface area contributed by atoms with Crippen molar-refractivity contribution in [1.29, 1.82) is 0 Å². The molecule has 1 heterocycles. The summed E-state index contributed by atoms with van der Waals surface area (Å²) in [6, 6.07) is 5.13. The summed E-state index contributed by atoms with van der Waals surface area (Å²) in [5.74, 6) is 0.816. The van der Waals surface area contributed by atoms with Gasteiger partial charge in [0.1, 0.15) is 0 Å². The summed E-state index contributed by atoms with van der Waals surface area (Å²) in [6.45, 7) is 7.65. The summed E-state index contributed by atoms with van der Waals surface area (Å²) in [6.07, 6.45) is 1.70. The van der Waals surface area contributed by atoms with Crippen LogP contribution in [0.15, 0.2) is 18.2 Å². The van der Waals surface area contributed by atoms with Crippen LogP contribution in [0.1, 0.15) is 45.2 Å².